The fraction of sp³-hybridized carbons (Fsp3) is 0.929. The Morgan fingerprint density at radius 1 is 1.28 bits per heavy atom. The van der Waals surface area contributed by atoms with Gasteiger partial charge in [0.2, 0.25) is 5.91 Å². The van der Waals surface area contributed by atoms with Gasteiger partial charge in [0.05, 0.1) is 0 Å². The second kappa shape index (κ2) is 5.57. The Bertz CT molecular complexity index is 295. The maximum absolute atomic E-state index is 11.7. The van der Waals surface area contributed by atoms with Crippen molar-refractivity contribution in [2.75, 3.05) is 39.3 Å². The largest absolute Gasteiger partial charge is 0.340 e. The van der Waals surface area contributed by atoms with Crippen molar-refractivity contribution in [1.82, 2.24) is 15.1 Å². The van der Waals surface area contributed by atoms with Crippen molar-refractivity contribution in [1.29, 1.82) is 0 Å². The molecule has 0 bridgehead atoms. The Hall–Kier alpha value is -0.610. The zero-order valence-electron chi connectivity index (χ0n) is 12.0. The highest BCUT2D eigenvalue weighted by Crippen LogP contribution is 2.31. The SMILES string of the molecule is CCC(=O)N1CCN(C2CNCCC2(C)C)CC1. The predicted octanol–water partition coefficient (Wildman–Crippen LogP) is 0.929. The molecule has 2 rings (SSSR count). The Balaban J connectivity index is 1.91. The standard InChI is InChI=1S/C14H27N3O/c1-4-13(18)17-9-7-16(8-10-17)12-11-15-6-5-14(12,2)3/h12,15H,4-11H2,1-3H3. The number of carbonyl (C=O) groups excluding carboxylic acids is 1. The molecule has 2 heterocycles. The quantitative estimate of drug-likeness (QED) is 0.795. The van der Waals surface area contributed by atoms with Crippen LogP contribution in [0.1, 0.15) is 33.6 Å². The van der Waals surface area contributed by atoms with Crippen LogP contribution in [0, 0.1) is 5.41 Å². The summed E-state index contributed by atoms with van der Waals surface area (Å²) in [5.41, 5.74) is 0.391. The predicted molar refractivity (Wildman–Crippen MR) is 73.5 cm³/mol. The molecule has 2 saturated heterocycles. The van der Waals surface area contributed by atoms with Gasteiger partial charge in [-0.3, -0.25) is 9.69 Å². The minimum atomic E-state index is 0.302. The summed E-state index contributed by atoms with van der Waals surface area (Å²) in [4.78, 5) is 16.3. The molecule has 104 valence electrons. The summed E-state index contributed by atoms with van der Waals surface area (Å²) in [6.45, 7) is 12.8. The van der Waals surface area contributed by atoms with Crippen LogP contribution in [0.3, 0.4) is 0 Å². The molecule has 0 aromatic rings. The highest BCUT2D eigenvalue weighted by molar-refractivity contribution is 5.75. The van der Waals surface area contributed by atoms with Crippen molar-refractivity contribution in [3.63, 3.8) is 0 Å². The monoisotopic (exact) mass is 253 g/mol. The minimum Gasteiger partial charge on any atom is -0.340 e. The Morgan fingerprint density at radius 2 is 1.94 bits per heavy atom. The number of hydrogen-bond donors (Lipinski definition) is 1. The van der Waals surface area contributed by atoms with E-state index in [1.54, 1.807) is 0 Å². The van der Waals surface area contributed by atoms with Gasteiger partial charge in [-0.15, -0.1) is 0 Å². The van der Waals surface area contributed by atoms with Gasteiger partial charge in [0.1, 0.15) is 0 Å². The maximum Gasteiger partial charge on any atom is 0.222 e. The topological polar surface area (TPSA) is 35.6 Å². The number of nitrogens with one attached hydrogen (secondary N) is 1. The summed E-state index contributed by atoms with van der Waals surface area (Å²) < 4.78 is 0. The van der Waals surface area contributed by atoms with Crippen molar-refractivity contribution in [3.8, 4) is 0 Å². The molecular weight excluding hydrogens is 226 g/mol. The van der Waals surface area contributed by atoms with E-state index in [1.165, 1.54) is 6.42 Å². The van der Waals surface area contributed by atoms with Crippen LogP contribution in [0.15, 0.2) is 0 Å². The molecule has 2 aliphatic rings. The Morgan fingerprint density at radius 3 is 2.50 bits per heavy atom. The number of hydrogen-bond acceptors (Lipinski definition) is 3. The van der Waals surface area contributed by atoms with Gasteiger partial charge in [-0.25, -0.2) is 0 Å². The molecule has 0 saturated carbocycles. The van der Waals surface area contributed by atoms with Crippen LogP contribution in [0.4, 0.5) is 0 Å². The molecule has 4 heteroatoms. The van der Waals surface area contributed by atoms with Gasteiger partial charge in [0.25, 0.3) is 0 Å². The number of piperidine rings is 1. The van der Waals surface area contributed by atoms with E-state index < -0.39 is 0 Å². The molecule has 2 fully saturated rings. The molecule has 0 aliphatic carbocycles. The average molecular weight is 253 g/mol. The van der Waals surface area contributed by atoms with Crippen molar-refractivity contribution < 1.29 is 4.79 Å². The summed E-state index contributed by atoms with van der Waals surface area (Å²) in [5, 5.41) is 3.51. The van der Waals surface area contributed by atoms with Crippen LogP contribution in [0.5, 0.6) is 0 Å². The zero-order chi connectivity index (χ0) is 13.2. The highest BCUT2D eigenvalue weighted by atomic mass is 16.2. The first-order valence-corrected chi connectivity index (χ1v) is 7.27. The number of rotatable bonds is 2. The van der Waals surface area contributed by atoms with E-state index >= 15 is 0 Å². The van der Waals surface area contributed by atoms with E-state index in [9.17, 15) is 4.79 Å². The van der Waals surface area contributed by atoms with E-state index in [0.29, 0.717) is 23.8 Å². The van der Waals surface area contributed by atoms with Gasteiger partial charge in [-0.2, -0.15) is 0 Å². The smallest absolute Gasteiger partial charge is 0.222 e. The summed E-state index contributed by atoms with van der Waals surface area (Å²) in [7, 11) is 0. The van der Waals surface area contributed by atoms with Crippen LogP contribution < -0.4 is 5.32 Å². The van der Waals surface area contributed by atoms with E-state index in [2.05, 4.69) is 24.1 Å². The molecule has 1 unspecified atom stereocenters. The third-order valence-electron chi connectivity index (χ3n) is 4.60. The third-order valence-corrected chi connectivity index (χ3v) is 4.60. The lowest BCUT2D eigenvalue weighted by molar-refractivity contribution is -0.133. The summed E-state index contributed by atoms with van der Waals surface area (Å²) in [5.74, 6) is 0.302. The van der Waals surface area contributed by atoms with Crippen molar-refractivity contribution >= 4 is 5.91 Å². The molecule has 0 aromatic heterocycles. The molecule has 0 radical (unpaired) electrons. The van der Waals surface area contributed by atoms with Gasteiger partial charge < -0.3 is 10.2 Å². The lowest BCUT2D eigenvalue weighted by Crippen LogP contribution is -2.60. The highest BCUT2D eigenvalue weighted by Gasteiger charge is 2.37. The molecule has 0 aromatic carbocycles. The average Bonchev–Trinajstić information content (AvgIpc) is 2.37. The first-order valence-electron chi connectivity index (χ1n) is 7.27. The second-order valence-electron chi connectivity index (χ2n) is 6.23. The number of nitrogens with zero attached hydrogens (tertiary/aromatic N) is 2. The fourth-order valence-corrected chi connectivity index (χ4v) is 3.22. The van der Waals surface area contributed by atoms with E-state index in [4.69, 9.17) is 0 Å². The maximum atomic E-state index is 11.7. The third kappa shape index (κ3) is 2.86. The molecular formula is C14H27N3O. The van der Waals surface area contributed by atoms with Gasteiger partial charge in [0, 0.05) is 45.2 Å². The van der Waals surface area contributed by atoms with Crippen LogP contribution in [-0.2, 0) is 4.79 Å². The van der Waals surface area contributed by atoms with Crippen LogP contribution >= 0.6 is 0 Å². The molecule has 1 amide bonds. The van der Waals surface area contributed by atoms with Gasteiger partial charge in [0.15, 0.2) is 0 Å². The van der Waals surface area contributed by atoms with Gasteiger partial charge in [-0.1, -0.05) is 20.8 Å². The summed E-state index contributed by atoms with van der Waals surface area (Å²) in [6.07, 6.45) is 1.88. The van der Waals surface area contributed by atoms with Crippen LogP contribution in [0.2, 0.25) is 0 Å². The Kier molecular flexibility index (Phi) is 4.28. The van der Waals surface area contributed by atoms with Crippen molar-refractivity contribution in [2.24, 2.45) is 5.41 Å². The Labute approximate surface area is 111 Å². The first-order chi connectivity index (χ1) is 8.54. The molecule has 0 spiro atoms. The lowest BCUT2D eigenvalue weighted by Gasteiger charge is -2.48. The molecule has 1 N–H and O–H groups in total. The fourth-order valence-electron chi connectivity index (χ4n) is 3.22. The normalized spacial score (nSPS) is 29.3. The van der Waals surface area contributed by atoms with Crippen molar-refractivity contribution in [3.05, 3.63) is 0 Å². The molecule has 4 nitrogen and oxygen atoms in total. The molecule has 2 aliphatic heterocycles. The van der Waals surface area contributed by atoms with E-state index in [0.717, 1.165) is 39.3 Å². The molecule has 18 heavy (non-hydrogen) atoms. The van der Waals surface area contributed by atoms with Gasteiger partial charge in [-0.05, 0) is 18.4 Å². The van der Waals surface area contributed by atoms with Crippen LogP contribution in [-0.4, -0.2) is 61.0 Å². The lowest BCUT2D eigenvalue weighted by atomic mass is 9.77. The van der Waals surface area contributed by atoms with Crippen molar-refractivity contribution in [2.45, 2.75) is 39.7 Å². The number of carbonyl (C=O) groups is 1. The molecule has 1 atom stereocenters. The summed E-state index contributed by atoms with van der Waals surface area (Å²) >= 11 is 0. The van der Waals surface area contributed by atoms with Gasteiger partial charge >= 0.3 is 0 Å². The van der Waals surface area contributed by atoms with E-state index in [1.807, 2.05) is 11.8 Å². The van der Waals surface area contributed by atoms with Crippen LogP contribution in [0.25, 0.3) is 0 Å². The number of piperazine rings is 1. The van der Waals surface area contributed by atoms with E-state index in [-0.39, 0.29) is 0 Å². The zero-order valence-corrected chi connectivity index (χ0v) is 12.0. The first kappa shape index (κ1) is 13.8. The summed E-state index contributed by atoms with van der Waals surface area (Å²) in [6, 6.07) is 0.616. The number of amides is 1. The minimum absolute atomic E-state index is 0.302. The second-order valence-corrected chi connectivity index (χ2v) is 6.23.